The zero-order valence-corrected chi connectivity index (χ0v) is 10.5. The molecule has 0 saturated heterocycles. The number of hydrogen-bond donors (Lipinski definition) is 1. The Morgan fingerprint density at radius 3 is 2.36 bits per heavy atom. The Labute approximate surface area is 94.3 Å². The molecule has 78 valence electrons. The maximum Gasteiger partial charge on any atom is 0.0628 e. The van der Waals surface area contributed by atoms with Gasteiger partial charge in [-0.05, 0) is 23.6 Å². The lowest BCUT2D eigenvalue weighted by molar-refractivity contribution is 0.102. The van der Waals surface area contributed by atoms with Gasteiger partial charge >= 0.3 is 0 Å². The molecule has 0 saturated carbocycles. The summed E-state index contributed by atoms with van der Waals surface area (Å²) in [5, 5.41) is 9.92. The van der Waals surface area contributed by atoms with Crippen molar-refractivity contribution in [1.82, 2.24) is 0 Å². The molecule has 0 bridgehead atoms. The topological polar surface area (TPSA) is 20.2 Å². The molecule has 0 heterocycles. The Morgan fingerprint density at radius 1 is 1.21 bits per heavy atom. The molecule has 1 nitrogen and oxygen atoms in total. The molecule has 1 aromatic carbocycles. The Bertz CT molecular complexity index is 296. The normalized spacial score (nSPS) is 15.6. The van der Waals surface area contributed by atoms with E-state index in [9.17, 15) is 5.11 Å². The fourth-order valence-electron chi connectivity index (χ4n) is 1.56. The lowest BCUT2D eigenvalue weighted by Gasteiger charge is -2.22. The van der Waals surface area contributed by atoms with Crippen LogP contribution in [0.15, 0.2) is 28.7 Å². The van der Waals surface area contributed by atoms with Crippen LogP contribution in [0, 0.1) is 5.92 Å². The maximum atomic E-state index is 9.92. The maximum absolute atomic E-state index is 9.92. The number of halogens is 1. The predicted molar refractivity (Wildman–Crippen MR) is 63.4 cm³/mol. The van der Waals surface area contributed by atoms with Crippen molar-refractivity contribution in [3.8, 4) is 0 Å². The van der Waals surface area contributed by atoms with E-state index in [-0.39, 0.29) is 12.0 Å². The zero-order chi connectivity index (χ0) is 10.7. The van der Waals surface area contributed by atoms with Crippen molar-refractivity contribution >= 4 is 15.9 Å². The minimum atomic E-state index is -0.274. The molecule has 0 aliphatic rings. The van der Waals surface area contributed by atoms with Crippen LogP contribution >= 0.6 is 15.9 Å². The van der Waals surface area contributed by atoms with Gasteiger partial charge in [-0.2, -0.15) is 0 Å². The Kier molecular flexibility index (Phi) is 4.14. The summed E-state index contributed by atoms with van der Waals surface area (Å²) >= 11 is 3.43. The summed E-state index contributed by atoms with van der Waals surface area (Å²) in [6.45, 7) is 6.14. The first kappa shape index (κ1) is 11.7. The third kappa shape index (κ3) is 2.82. The van der Waals surface area contributed by atoms with Crippen LogP contribution in [-0.2, 0) is 0 Å². The quantitative estimate of drug-likeness (QED) is 0.877. The highest BCUT2D eigenvalue weighted by Gasteiger charge is 2.19. The minimum Gasteiger partial charge on any atom is -0.392 e. The molecule has 14 heavy (non-hydrogen) atoms. The second-order valence-corrected chi connectivity index (χ2v) is 4.99. The van der Waals surface area contributed by atoms with E-state index in [1.807, 2.05) is 26.0 Å². The molecule has 0 amide bonds. The van der Waals surface area contributed by atoms with Crippen LogP contribution in [0.2, 0.25) is 0 Å². The van der Waals surface area contributed by atoms with Gasteiger partial charge in [-0.25, -0.2) is 0 Å². The first-order valence-electron chi connectivity index (χ1n) is 4.96. The molecule has 0 aromatic heterocycles. The number of aliphatic hydroxyl groups is 1. The molecule has 0 radical (unpaired) electrons. The molecule has 2 heteroatoms. The van der Waals surface area contributed by atoms with Gasteiger partial charge in [0, 0.05) is 10.4 Å². The number of benzene rings is 1. The molecule has 2 unspecified atom stereocenters. The highest BCUT2D eigenvalue weighted by Crippen LogP contribution is 2.25. The molecular weight excluding hydrogens is 240 g/mol. The van der Waals surface area contributed by atoms with E-state index < -0.39 is 0 Å². The van der Waals surface area contributed by atoms with Crippen LogP contribution in [0.5, 0.6) is 0 Å². The van der Waals surface area contributed by atoms with Crippen LogP contribution < -0.4 is 0 Å². The SMILES string of the molecule is CC(C)C(O)C(C)c1cccc(Br)c1. The summed E-state index contributed by atoms with van der Waals surface area (Å²) < 4.78 is 1.07. The average molecular weight is 257 g/mol. The van der Waals surface area contributed by atoms with E-state index >= 15 is 0 Å². The molecular formula is C12H17BrO. The van der Waals surface area contributed by atoms with Crippen LogP contribution in [0.3, 0.4) is 0 Å². The van der Waals surface area contributed by atoms with Gasteiger partial charge in [-0.1, -0.05) is 48.8 Å². The van der Waals surface area contributed by atoms with E-state index in [1.165, 1.54) is 5.56 Å². The van der Waals surface area contributed by atoms with Crippen molar-refractivity contribution in [2.24, 2.45) is 5.92 Å². The molecule has 1 rings (SSSR count). The largest absolute Gasteiger partial charge is 0.392 e. The van der Waals surface area contributed by atoms with Crippen molar-refractivity contribution in [2.45, 2.75) is 32.8 Å². The molecule has 1 aromatic rings. The van der Waals surface area contributed by atoms with Gasteiger partial charge in [0.05, 0.1) is 6.10 Å². The Morgan fingerprint density at radius 2 is 1.86 bits per heavy atom. The summed E-state index contributed by atoms with van der Waals surface area (Å²) in [6.07, 6.45) is -0.274. The van der Waals surface area contributed by atoms with E-state index in [2.05, 4.69) is 35.0 Å². The minimum absolute atomic E-state index is 0.187. The van der Waals surface area contributed by atoms with E-state index in [0.29, 0.717) is 5.92 Å². The number of rotatable bonds is 3. The van der Waals surface area contributed by atoms with Gasteiger partial charge in [0.1, 0.15) is 0 Å². The fourth-order valence-corrected chi connectivity index (χ4v) is 1.98. The zero-order valence-electron chi connectivity index (χ0n) is 8.87. The lowest BCUT2D eigenvalue weighted by Crippen LogP contribution is -2.21. The van der Waals surface area contributed by atoms with Crippen LogP contribution in [0.1, 0.15) is 32.3 Å². The summed E-state index contributed by atoms with van der Waals surface area (Å²) in [5.74, 6) is 0.483. The molecule has 0 fully saturated rings. The van der Waals surface area contributed by atoms with E-state index in [0.717, 1.165) is 4.47 Å². The number of aliphatic hydroxyl groups excluding tert-OH is 1. The third-order valence-electron chi connectivity index (χ3n) is 2.57. The van der Waals surface area contributed by atoms with Gasteiger partial charge in [-0.3, -0.25) is 0 Å². The predicted octanol–water partition coefficient (Wildman–Crippen LogP) is 3.57. The monoisotopic (exact) mass is 256 g/mol. The van der Waals surface area contributed by atoms with Crippen molar-refractivity contribution in [3.63, 3.8) is 0 Å². The summed E-state index contributed by atoms with van der Waals surface area (Å²) in [4.78, 5) is 0. The first-order valence-corrected chi connectivity index (χ1v) is 5.75. The summed E-state index contributed by atoms with van der Waals surface area (Å²) in [6, 6.07) is 8.12. The van der Waals surface area contributed by atoms with Crippen LogP contribution in [0.4, 0.5) is 0 Å². The van der Waals surface area contributed by atoms with E-state index in [1.54, 1.807) is 0 Å². The summed E-state index contributed by atoms with van der Waals surface area (Å²) in [5.41, 5.74) is 1.18. The molecule has 1 N–H and O–H groups in total. The molecule has 0 aliphatic heterocycles. The molecule has 2 atom stereocenters. The van der Waals surface area contributed by atoms with Crippen molar-refractivity contribution in [1.29, 1.82) is 0 Å². The smallest absolute Gasteiger partial charge is 0.0628 e. The number of hydrogen-bond acceptors (Lipinski definition) is 1. The average Bonchev–Trinajstić information content (AvgIpc) is 2.15. The van der Waals surface area contributed by atoms with E-state index in [4.69, 9.17) is 0 Å². The fraction of sp³-hybridized carbons (Fsp3) is 0.500. The Hall–Kier alpha value is -0.340. The molecule has 0 spiro atoms. The Balaban J connectivity index is 2.83. The lowest BCUT2D eigenvalue weighted by atomic mass is 9.89. The highest BCUT2D eigenvalue weighted by atomic mass is 79.9. The van der Waals surface area contributed by atoms with Gasteiger partial charge < -0.3 is 5.11 Å². The van der Waals surface area contributed by atoms with Gasteiger partial charge in [0.25, 0.3) is 0 Å². The summed E-state index contributed by atoms with van der Waals surface area (Å²) in [7, 11) is 0. The van der Waals surface area contributed by atoms with Gasteiger partial charge in [0.2, 0.25) is 0 Å². The van der Waals surface area contributed by atoms with Crippen LogP contribution in [-0.4, -0.2) is 11.2 Å². The van der Waals surface area contributed by atoms with Gasteiger partial charge in [0.15, 0.2) is 0 Å². The van der Waals surface area contributed by atoms with Crippen molar-refractivity contribution in [2.75, 3.05) is 0 Å². The molecule has 0 aliphatic carbocycles. The van der Waals surface area contributed by atoms with Gasteiger partial charge in [-0.15, -0.1) is 0 Å². The standard InChI is InChI=1S/C12H17BrO/c1-8(2)12(14)9(3)10-5-4-6-11(13)7-10/h4-9,12,14H,1-3H3. The third-order valence-corrected chi connectivity index (χ3v) is 3.06. The van der Waals surface area contributed by atoms with Crippen molar-refractivity contribution < 1.29 is 5.11 Å². The first-order chi connectivity index (χ1) is 6.52. The second kappa shape index (κ2) is 4.94. The highest BCUT2D eigenvalue weighted by molar-refractivity contribution is 9.10. The van der Waals surface area contributed by atoms with Crippen molar-refractivity contribution in [3.05, 3.63) is 34.3 Å². The van der Waals surface area contributed by atoms with Crippen LogP contribution in [0.25, 0.3) is 0 Å². The second-order valence-electron chi connectivity index (χ2n) is 4.08.